The number of hydrogen-bond donors (Lipinski definition) is 2. The number of nitrogens with zero attached hydrogens (tertiary/aromatic N) is 2. The molecule has 1 aromatic heterocycles. The van der Waals surface area contributed by atoms with E-state index in [1.54, 1.807) is 4.90 Å². The van der Waals surface area contributed by atoms with E-state index in [1.807, 2.05) is 0 Å². The minimum Gasteiger partial charge on any atom is -0.477 e. The number of carboxylic acid groups (broad SMARTS) is 1. The van der Waals surface area contributed by atoms with E-state index in [0.717, 1.165) is 35.4 Å². The van der Waals surface area contributed by atoms with Crippen molar-refractivity contribution < 1.29 is 23.1 Å². The predicted octanol–water partition coefficient (Wildman–Crippen LogP) is 2.66. The van der Waals surface area contributed by atoms with Gasteiger partial charge in [-0.15, -0.1) is 0 Å². The first-order valence-corrected chi connectivity index (χ1v) is 9.41. The number of rotatable bonds is 3. The molecule has 2 N–H and O–H groups in total. The van der Waals surface area contributed by atoms with Crippen LogP contribution in [0.3, 0.4) is 0 Å². The van der Waals surface area contributed by atoms with Crippen LogP contribution < -0.4 is 15.6 Å². The quantitative estimate of drug-likeness (QED) is 0.688. The largest absolute Gasteiger partial charge is 0.477 e. The lowest BCUT2D eigenvalue weighted by atomic mass is 10.1. The van der Waals surface area contributed by atoms with Crippen molar-refractivity contribution in [1.29, 1.82) is 0 Å². The highest BCUT2D eigenvalue weighted by atomic mass is 19.1. The van der Waals surface area contributed by atoms with Crippen molar-refractivity contribution in [3.63, 3.8) is 0 Å². The van der Waals surface area contributed by atoms with Crippen LogP contribution >= 0.6 is 0 Å². The molecule has 3 heterocycles. The van der Waals surface area contributed by atoms with Crippen LogP contribution in [-0.2, 0) is 0 Å². The van der Waals surface area contributed by atoms with E-state index in [0.29, 0.717) is 13.1 Å². The summed E-state index contributed by atoms with van der Waals surface area (Å²) in [6.45, 7) is 1.03. The van der Waals surface area contributed by atoms with Gasteiger partial charge in [0.2, 0.25) is 5.43 Å². The normalized spacial score (nSPS) is 20.3. The van der Waals surface area contributed by atoms with Gasteiger partial charge in [-0.2, -0.15) is 0 Å². The zero-order valence-electron chi connectivity index (χ0n) is 15.5. The summed E-state index contributed by atoms with van der Waals surface area (Å²) in [6, 6.07) is 5.88. The highest BCUT2D eigenvalue weighted by Gasteiger charge is 2.40. The van der Waals surface area contributed by atoms with Gasteiger partial charge in [0.05, 0.1) is 10.9 Å². The molecular weight excluding hydrogens is 399 g/mol. The van der Waals surface area contributed by atoms with Gasteiger partial charge in [0.1, 0.15) is 22.9 Å². The first-order chi connectivity index (χ1) is 14.3. The SMILES string of the molecule is O=C(O)c1cn(-c2ccc(F)cc2)c2c(F)c(N3C[C@@H]4C[C@H]3CN4)c(F)cc2c1=O. The van der Waals surface area contributed by atoms with Crippen molar-refractivity contribution >= 4 is 22.6 Å². The van der Waals surface area contributed by atoms with Crippen LogP contribution in [0.5, 0.6) is 0 Å². The van der Waals surface area contributed by atoms with E-state index in [-0.39, 0.29) is 34.4 Å². The van der Waals surface area contributed by atoms with Crippen molar-refractivity contribution in [2.24, 2.45) is 0 Å². The van der Waals surface area contributed by atoms with Crippen molar-refractivity contribution in [2.45, 2.75) is 18.5 Å². The lowest BCUT2D eigenvalue weighted by Gasteiger charge is -2.30. The fourth-order valence-corrected chi connectivity index (χ4v) is 4.46. The summed E-state index contributed by atoms with van der Waals surface area (Å²) in [5, 5.41) is 12.3. The summed E-state index contributed by atoms with van der Waals surface area (Å²) in [7, 11) is 0. The molecule has 2 aliphatic rings. The van der Waals surface area contributed by atoms with Gasteiger partial charge in [-0.25, -0.2) is 18.0 Å². The van der Waals surface area contributed by atoms with Crippen LogP contribution in [0.4, 0.5) is 18.9 Å². The lowest BCUT2D eigenvalue weighted by molar-refractivity contribution is 0.0695. The van der Waals surface area contributed by atoms with Gasteiger partial charge in [0.25, 0.3) is 0 Å². The first kappa shape index (κ1) is 18.7. The molecule has 2 fully saturated rings. The van der Waals surface area contributed by atoms with E-state index in [4.69, 9.17) is 0 Å². The maximum absolute atomic E-state index is 15.8. The molecule has 0 amide bonds. The van der Waals surface area contributed by atoms with Crippen LogP contribution in [0.1, 0.15) is 16.8 Å². The smallest absolute Gasteiger partial charge is 0.341 e. The summed E-state index contributed by atoms with van der Waals surface area (Å²) in [5.41, 5.74) is -1.86. The number of piperazine rings is 1. The molecular formula is C21H16F3N3O3. The molecule has 3 aromatic rings. The van der Waals surface area contributed by atoms with Crippen molar-refractivity contribution in [2.75, 3.05) is 18.0 Å². The third-order valence-electron chi connectivity index (χ3n) is 5.84. The Morgan fingerprint density at radius 3 is 2.50 bits per heavy atom. The summed E-state index contributed by atoms with van der Waals surface area (Å²) in [5.74, 6) is -3.92. The third kappa shape index (κ3) is 2.69. The monoisotopic (exact) mass is 415 g/mol. The van der Waals surface area contributed by atoms with Crippen LogP contribution in [0.15, 0.2) is 41.3 Å². The van der Waals surface area contributed by atoms with Crippen LogP contribution in [0.2, 0.25) is 0 Å². The highest BCUT2D eigenvalue weighted by Crippen LogP contribution is 2.36. The molecule has 0 spiro atoms. The van der Waals surface area contributed by atoms with Gasteiger partial charge in [0, 0.05) is 37.1 Å². The number of carboxylic acids is 1. The second-order valence-corrected chi connectivity index (χ2v) is 7.59. The fraction of sp³-hybridized carbons (Fsp3) is 0.238. The lowest BCUT2D eigenvalue weighted by Crippen LogP contribution is -2.44. The fourth-order valence-electron chi connectivity index (χ4n) is 4.46. The molecule has 6 nitrogen and oxygen atoms in total. The zero-order chi connectivity index (χ0) is 21.2. The minimum absolute atomic E-state index is 0.0688. The number of halogens is 3. The molecule has 0 unspecified atom stereocenters. The number of benzene rings is 2. The predicted molar refractivity (Wildman–Crippen MR) is 104 cm³/mol. The second kappa shape index (κ2) is 6.60. The van der Waals surface area contributed by atoms with Crippen molar-refractivity contribution in [3.8, 4) is 5.69 Å². The maximum atomic E-state index is 15.8. The number of carbonyl (C=O) groups is 1. The van der Waals surface area contributed by atoms with Crippen molar-refractivity contribution in [1.82, 2.24) is 9.88 Å². The summed E-state index contributed by atoms with van der Waals surface area (Å²) in [4.78, 5) is 25.9. The molecule has 0 radical (unpaired) electrons. The summed E-state index contributed by atoms with van der Waals surface area (Å²) in [6.07, 6.45) is 1.75. The molecule has 2 atom stereocenters. The summed E-state index contributed by atoms with van der Waals surface area (Å²) >= 11 is 0. The zero-order valence-corrected chi connectivity index (χ0v) is 15.5. The Hall–Kier alpha value is -3.33. The molecule has 2 aliphatic heterocycles. The molecule has 154 valence electrons. The van der Waals surface area contributed by atoms with Crippen LogP contribution in [-0.4, -0.2) is 40.8 Å². The van der Waals surface area contributed by atoms with Gasteiger partial charge in [-0.3, -0.25) is 4.79 Å². The van der Waals surface area contributed by atoms with Crippen LogP contribution in [0, 0.1) is 17.5 Å². The molecule has 30 heavy (non-hydrogen) atoms. The molecule has 2 aromatic carbocycles. The Morgan fingerprint density at radius 1 is 1.17 bits per heavy atom. The molecule has 5 rings (SSSR count). The topological polar surface area (TPSA) is 74.6 Å². The number of hydrogen-bond acceptors (Lipinski definition) is 4. The Balaban J connectivity index is 1.84. The van der Waals surface area contributed by atoms with Gasteiger partial charge in [0.15, 0.2) is 5.82 Å². The Bertz CT molecular complexity index is 1260. The molecule has 0 saturated carbocycles. The number of anilines is 1. The molecule has 9 heteroatoms. The standard InChI is InChI=1S/C21H16F3N3O3/c22-10-1-3-12(4-2-10)27-9-15(21(29)30)20(28)14-6-16(23)19(17(24)18(14)27)26-8-11-5-13(26)7-25-11/h1-4,6,9,11,13,25H,5,7-8H2,(H,29,30)/t11-,13-/m0/s1. The van der Waals surface area contributed by atoms with E-state index in [2.05, 4.69) is 5.32 Å². The minimum atomic E-state index is -1.52. The van der Waals surface area contributed by atoms with Gasteiger partial charge < -0.3 is 19.9 Å². The number of fused-ring (bicyclic) bond motifs is 3. The Labute approximate surface area is 168 Å². The average Bonchev–Trinajstić information content (AvgIpc) is 3.33. The highest BCUT2D eigenvalue weighted by molar-refractivity contribution is 5.94. The first-order valence-electron chi connectivity index (χ1n) is 9.41. The van der Waals surface area contributed by atoms with Crippen molar-refractivity contribution in [3.05, 3.63) is 69.8 Å². The Kier molecular flexibility index (Phi) is 4.11. The van der Waals surface area contributed by atoms with Gasteiger partial charge in [-0.05, 0) is 36.8 Å². The molecule has 2 saturated heterocycles. The number of aromatic carboxylic acids is 1. The second-order valence-electron chi connectivity index (χ2n) is 7.59. The van der Waals surface area contributed by atoms with Gasteiger partial charge >= 0.3 is 5.97 Å². The molecule has 0 aliphatic carbocycles. The van der Waals surface area contributed by atoms with E-state index in [9.17, 15) is 19.1 Å². The van der Waals surface area contributed by atoms with E-state index < -0.39 is 34.4 Å². The van der Waals surface area contributed by atoms with Crippen LogP contribution in [0.25, 0.3) is 16.6 Å². The number of pyridine rings is 1. The third-order valence-corrected chi connectivity index (χ3v) is 5.84. The van der Waals surface area contributed by atoms with E-state index in [1.165, 1.54) is 12.1 Å². The van der Waals surface area contributed by atoms with Gasteiger partial charge in [-0.1, -0.05) is 0 Å². The summed E-state index contributed by atoms with van der Waals surface area (Å²) < 4.78 is 45.3. The average molecular weight is 415 g/mol. The Morgan fingerprint density at radius 2 is 1.90 bits per heavy atom. The van der Waals surface area contributed by atoms with E-state index >= 15 is 8.78 Å². The number of nitrogens with one attached hydrogen (secondary N) is 1. The molecule has 2 bridgehead atoms. The maximum Gasteiger partial charge on any atom is 0.341 e. The number of aromatic nitrogens is 1.